The first-order valence-corrected chi connectivity index (χ1v) is 8.58. The summed E-state index contributed by atoms with van der Waals surface area (Å²) in [7, 11) is 1.58. The number of nitrogens with one attached hydrogen (secondary N) is 3. The second kappa shape index (κ2) is 7.36. The van der Waals surface area contributed by atoms with Gasteiger partial charge in [-0.15, -0.1) is 0 Å². The van der Waals surface area contributed by atoms with Gasteiger partial charge in [-0.05, 0) is 35.4 Å². The number of methoxy groups -OCH3 is 1. The van der Waals surface area contributed by atoms with Crippen molar-refractivity contribution < 1.29 is 9.53 Å². The van der Waals surface area contributed by atoms with Crippen LogP contribution in [0.1, 0.15) is 16.2 Å². The third-order valence-corrected chi connectivity index (χ3v) is 4.34. The molecule has 8 nitrogen and oxygen atoms in total. The van der Waals surface area contributed by atoms with Crippen molar-refractivity contribution in [1.82, 2.24) is 25.5 Å². The molecule has 0 aliphatic heterocycles. The molecular formula is C20H17N5O3. The summed E-state index contributed by atoms with van der Waals surface area (Å²) in [6.45, 7) is 0.289. The van der Waals surface area contributed by atoms with E-state index in [0.717, 1.165) is 16.7 Å². The number of carbonyl (C=O) groups is 1. The molecule has 4 rings (SSSR count). The molecular weight excluding hydrogens is 358 g/mol. The van der Waals surface area contributed by atoms with Crippen LogP contribution in [-0.2, 0) is 6.54 Å². The monoisotopic (exact) mass is 375 g/mol. The molecule has 0 aliphatic carbocycles. The lowest BCUT2D eigenvalue weighted by Crippen LogP contribution is -2.27. The summed E-state index contributed by atoms with van der Waals surface area (Å²) in [5.41, 5.74) is 2.65. The van der Waals surface area contributed by atoms with Gasteiger partial charge in [0.25, 0.3) is 11.5 Å². The Morgan fingerprint density at radius 2 is 2.07 bits per heavy atom. The molecule has 2 aromatic carbocycles. The maximum absolute atomic E-state index is 12.5. The molecule has 0 atom stereocenters. The number of fused-ring (bicyclic) bond motifs is 1. The fraction of sp³-hybridized carbons (Fsp3) is 0.100. The fourth-order valence-corrected chi connectivity index (χ4v) is 2.88. The topological polar surface area (TPSA) is 113 Å². The number of carbonyl (C=O) groups excluding carboxylic acids is 1. The van der Waals surface area contributed by atoms with Crippen molar-refractivity contribution in [3.63, 3.8) is 0 Å². The van der Waals surface area contributed by atoms with Crippen molar-refractivity contribution in [1.29, 1.82) is 0 Å². The van der Waals surface area contributed by atoms with Crippen LogP contribution in [0.25, 0.3) is 22.0 Å². The van der Waals surface area contributed by atoms with Crippen molar-refractivity contribution in [2.45, 2.75) is 6.54 Å². The molecule has 4 aromatic rings. The Hall–Kier alpha value is -3.94. The zero-order valence-electron chi connectivity index (χ0n) is 15.0. The van der Waals surface area contributed by atoms with E-state index in [0.29, 0.717) is 16.7 Å². The second-order valence-corrected chi connectivity index (χ2v) is 6.17. The minimum absolute atomic E-state index is 0.0311. The van der Waals surface area contributed by atoms with Crippen LogP contribution in [0, 0.1) is 0 Å². The lowest BCUT2D eigenvalue weighted by molar-refractivity contribution is 0.0940. The van der Waals surface area contributed by atoms with Gasteiger partial charge in [0.2, 0.25) is 0 Å². The second-order valence-electron chi connectivity index (χ2n) is 6.17. The van der Waals surface area contributed by atoms with Crippen LogP contribution in [0.5, 0.6) is 5.75 Å². The predicted octanol–water partition coefficient (Wildman–Crippen LogP) is 2.25. The molecule has 140 valence electrons. The van der Waals surface area contributed by atoms with Crippen LogP contribution >= 0.6 is 0 Å². The van der Waals surface area contributed by atoms with Crippen molar-refractivity contribution >= 4 is 16.8 Å². The SMILES string of the molecule is COc1cccc(CNC(=O)c2nc3ccc(-c4cn[nH]c4)cc3c(=O)[nH]2)c1. The third kappa shape index (κ3) is 3.48. The molecule has 0 saturated heterocycles. The number of benzene rings is 2. The van der Waals surface area contributed by atoms with Gasteiger partial charge in [-0.25, -0.2) is 4.98 Å². The minimum atomic E-state index is -0.458. The molecule has 0 fully saturated rings. The van der Waals surface area contributed by atoms with Gasteiger partial charge in [0.1, 0.15) is 5.75 Å². The van der Waals surface area contributed by atoms with Crippen molar-refractivity contribution in [2.24, 2.45) is 0 Å². The first-order valence-electron chi connectivity index (χ1n) is 8.58. The number of rotatable bonds is 5. The summed E-state index contributed by atoms with van der Waals surface area (Å²) < 4.78 is 5.17. The number of amides is 1. The van der Waals surface area contributed by atoms with E-state index in [-0.39, 0.29) is 17.9 Å². The van der Waals surface area contributed by atoms with E-state index in [1.54, 1.807) is 31.6 Å². The normalized spacial score (nSPS) is 10.8. The van der Waals surface area contributed by atoms with Crippen LogP contribution in [0.4, 0.5) is 0 Å². The molecule has 0 saturated carbocycles. The molecule has 2 aromatic heterocycles. The van der Waals surface area contributed by atoms with Gasteiger partial charge >= 0.3 is 0 Å². The molecule has 0 bridgehead atoms. The highest BCUT2D eigenvalue weighted by Crippen LogP contribution is 2.20. The highest BCUT2D eigenvalue weighted by molar-refractivity contribution is 5.93. The Labute approximate surface area is 159 Å². The number of aromatic amines is 2. The van der Waals surface area contributed by atoms with Gasteiger partial charge in [-0.1, -0.05) is 18.2 Å². The number of ether oxygens (including phenoxy) is 1. The molecule has 0 spiro atoms. The Morgan fingerprint density at radius 1 is 1.18 bits per heavy atom. The number of nitrogens with zero attached hydrogens (tertiary/aromatic N) is 2. The average molecular weight is 375 g/mol. The van der Waals surface area contributed by atoms with Gasteiger partial charge in [0.05, 0.1) is 24.2 Å². The highest BCUT2D eigenvalue weighted by atomic mass is 16.5. The minimum Gasteiger partial charge on any atom is -0.497 e. The van der Waals surface area contributed by atoms with E-state index in [1.165, 1.54) is 0 Å². The molecule has 0 unspecified atom stereocenters. The van der Waals surface area contributed by atoms with Gasteiger partial charge in [0.15, 0.2) is 5.82 Å². The van der Waals surface area contributed by atoms with E-state index in [1.807, 2.05) is 30.3 Å². The Balaban J connectivity index is 1.57. The first kappa shape index (κ1) is 17.5. The maximum atomic E-state index is 12.5. The zero-order valence-corrected chi connectivity index (χ0v) is 15.0. The predicted molar refractivity (Wildman–Crippen MR) is 104 cm³/mol. The summed E-state index contributed by atoms with van der Waals surface area (Å²) in [4.78, 5) is 31.7. The molecule has 8 heteroatoms. The summed E-state index contributed by atoms with van der Waals surface area (Å²) in [6, 6.07) is 12.6. The number of aromatic nitrogens is 4. The van der Waals surface area contributed by atoms with Crippen molar-refractivity contribution in [2.75, 3.05) is 7.11 Å². The standard InChI is InChI=1S/C20H17N5O3/c1-28-15-4-2-3-12(7-15)9-21-20(27)18-24-17-6-5-13(14-10-22-23-11-14)8-16(17)19(26)25-18/h2-8,10-11H,9H2,1H3,(H,21,27)(H,22,23)(H,24,25,26). The zero-order chi connectivity index (χ0) is 19.5. The summed E-state index contributed by atoms with van der Waals surface area (Å²) in [6.07, 6.45) is 3.41. The largest absolute Gasteiger partial charge is 0.497 e. The smallest absolute Gasteiger partial charge is 0.287 e. The van der Waals surface area contributed by atoms with E-state index in [2.05, 4.69) is 25.5 Å². The molecule has 1 amide bonds. The number of hydrogen-bond acceptors (Lipinski definition) is 5. The lowest BCUT2D eigenvalue weighted by Gasteiger charge is -2.07. The first-order chi connectivity index (χ1) is 13.6. The van der Waals surface area contributed by atoms with E-state index < -0.39 is 5.91 Å². The Bertz CT molecular complexity index is 1200. The van der Waals surface area contributed by atoms with Crippen molar-refractivity contribution in [3.05, 3.63) is 76.6 Å². The van der Waals surface area contributed by atoms with E-state index >= 15 is 0 Å². The molecule has 28 heavy (non-hydrogen) atoms. The average Bonchev–Trinajstić information content (AvgIpc) is 3.27. The van der Waals surface area contributed by atoms with E-state index in [4.69, 9.17) is 4.74 Å². The Kier molecular flexibility index (Phi) is 4.59. The molecule has 2 heterocycles. The van der Waals surface area contributed by atoms with Crippen molar-refractivity contribution in [3.8, 4) is 16.9 Å². The van der Waals surface area contributed by atoms with Gasteiger partial charge in [-0.2, -0.15) is 5.10 Å². The quantitative estimate of drug-likeness (QED) is 0.495. The molecule has 0 aliphatic rings. The maximum Gasteiger partial charge on any atom is 0.287 e. The molecule has 3 N–H and O–H groups in total. The van der Waals surface area contributed by atoms with Gasteiger partial charge < -0.3 is 15.0 Å². The number of H-pyrrole nitrogens is 2. The summed E-state index contributed by atoms with van der Waals surface area (Å²) >= 11 is 0. The van der Waals surface area contributed by atoms with E-state index in [9.17, 15) is 9.59 Å². The van der Waals surface area contributed by atoms with Crippen LogP contribution in [0.3, 0.4) is 0 Å². The molecule has 0 radical (unpaired) electrons. The van der Waals surface area contributed by atoms with Gasteiger partial charge in [-0.3, -0.25) is 14.7 Å². The Morgan fingerprint density at radius 3 is 2.86 bits per heavy atom. The lowest BCUT2D eigenvalue weighted by atomic mass is 10.1. The van der Waals surface area contributed by atoms with Crippen LogP contribution < -0.4 is 15.6 Å². The van der Waals surface area contributed by atoms with Gasteiger partial charge in [0, 0.05) is 18.3 Å². The summed E-state index contributed by atoms with van der Waals surface area (Å²) in [5, 5.41) is 9.80. The third-order valence-electron chi connectivity index (χ3n) is 4.34. The summed E-state index contributed by atoms with van der Waals surface area (Å²) in [5.74, 6) is 0.217. The van der Waals surface area contributed by atoms with Crippen LogP contribution in [0.2, 0.25) is 0 Å². The fourth-order valence-electron chi connectivity index (χ4n) is 2.88. The van der Waals surface area contributed by atoms with Crippen LogP contribution in [-0.4, -0.2) is 33.2 Å². The van der Waals surface area contributed by atoms with Crippen LogP contribution in [0.15, 0.2) is 59.7 Å². The number of hydrogen-bond donors (Lipinski definition) is 3. The highest BCUT2D eigenvalue weighted by Gasteiger charge is 2.12.